The lowest BCUT2D eigenvalue weighted by atomic mass is 10.1. The van der Waals surface area contributed by atoms with Gasteiger partial charge in [-0.2, -0.15) is 11.8 Å². The molecule has 27 heavy (non-hydrogen) atoms. The zero-order valence-electron chi connectivity index (χ0n) is 15.8. The second kappa shape index (κ2) is 11.1. The maximum Gasteiger partial charge on any atom is 0.253 e. The number of likely N-dealkylation sites (tertiary alicyclic amines) is 1. The van der Waals surface area contributed by atoms with Gasteiger partial charge in [0, 0.05) is 25.2 Å². The zero-order valence-corrected chi connectivity index (χ0v) is 18.2. The normalized spacial score (nSPS) is 15.6. The van der Waals surface area contributed by atoms with Crippen molar-refractivity contribution in [3.05, 3.63) is 33.8 Å². The van der Waals surface area contributed by atoms with Gasteiger partial charge in [-0.25, -0.2) is 0 Å². The van der Waals surface area contributed by atoms with E-state index in [9.17, 15) is 9.59 Å². The van der Waals surface area contributed by atoms with Crippen molar-refractivity contribution in [1.82, 2.24) is 15.1 Å². The Labute approximate surface area is 175 Å². The molecule has 1 heterocycles. The van der Waals surface area contributed by atoms with Gasteiger partial charge in [0.15, 0.2) is 0 Å². The number of hydrogen-bond acceptors (Lipinski definition) is 4. The van der Waals surface area contributed by atoms with Crippen LogP contribution in [0.15, 0.2) is 18.2 Å². The van der Waals surface area contributed by atoms with Crippen molar-refractivity contribution in [3.63, 3.8) is 0 Å². The number of likely N-dealkylation sites (N-methyl/N-ethyl adjacent to an activating group) is 1. The Kier molecular flexibility index (Phi) is 9.22. The summed E-state index contributed by atoms with van der Waals surface area (Å²) in [4.78, 5) is 29.6. The number of carbonyl (C=O) groups is 2. The van der Waals surface area contributed by atoms with Crippen LogP contribution < -0.4 is 5.32 Å². The second-order valence-corrected chi connectivity index (χ2v) is 8.57. The predicted molar refractivity (Wildman–Crippen MR) is 114 cm³/mol. The summed E-state index contributed by atoms with van der Waals surface area (Å²) in [5, 5.41) is 3.59. The van der Waals surface area contributed by atoms with Crippen molar-refractivity contribution < 1.29 is 9.59 Å². The molecule has 1 atom stereocenters. The molecule has 1 aromatic carbocycles. The molecule has 0 spiro atoms. The molecule has 1 saturated heterocycles. The highest BCUT2D eigenvalue weighted by molar-refractivity contribution is 7.98. The van der Waals surface area contributed by atoms with E-state index in [1.165, 1.54) is 18.9 Å². The molecule has 1 aromatic rings. The van der Waals surface area contributed by atoms with Gasteiger partial charge < -0.3 is 15.1 Å². The number of thioether (sulfide) groups is 1. The summed E-state index contributed by atoms with van der Waals surface area (Å²) in [5.74, 6) is 0.358. The molecular formula is C19H27Cl2N3O2S. The van der Waals surface area contributed by atoms with Crippen LogP contribution in [0.2, 0.25) is 10.0 Å². The number of rotatable bonds is 9. The van der Waals surface area contributed by atoms with Gasteiger partial charge in [0.2, 0.25) is 5.91 Å². The topological polar surface area (TPSA) is 52.7 Å². The van der Waals surface area contributed by atoms with Gasteiger partial charge in [-0.15, -0.1) is 0 Å². The minimum atomic E-state index is -0.569. The molecule has 150 valence electrons. The third-order valence-corrected chi connectivity index (χ3v) is 5.91. The Balaban J connectivity index is 1.99. The SMILES string of the molecule is CSCCC(NC(=O)c1ccc(Cl)cc1Cl)C(=O)N(C)CCN1CCCC1. The van der Waals surface area contributed by atoms with Crippen molar-refractivity contribution in [2.45, 2.75) is 25.3 Å². The molecule has 0 aliphatic carbocycles. The lowest BCUT2D eigenvalue weighted by Crippen LogP contribution is -2.49. The molecule has 1 N–H and O–H groups in total. The maximum atomic E-state index is 12.9. The summed E-state index contributed by atoms with van der Waals surface area (Å²) in [6.07, 6.45) is 5.01. The van der Waals surface area contributed by atoms with Gasteiger partial charge in [0.1, 0.15) is 6.04 Å². The van der Waals surface area contributed by atoms with E-state index in [0.29, 0.717) is 23.6 Å². The monoisotopic (exact) mass is 431 g/mol. The maximum absolute atomic E-state index is 12.9. The lowest BCUT2D eigenvalue weighted by molar-refractivity contribution is -0.132. The number of carbonyl (C=O) groups excluding carboxylic acids is 2. The van der Waals surface area contributed by atoms with Crippen molar-refractivity contribution in [3.8, 4) is 0 Å². The summed E-state index contributed by atoms with van der Waals surface area (Å²) in [7, 11) is 1.80. The molecule has 1 aliphatic heterocycles. The van der Waals surface area contributed by atoms with Crippen molar-refractivity contribution >= 4 is 46.8 Å². The molecule has 0 bridgehead atoms. The fraction of sp³-hybridized carbons (Fsp3) is 0.579. The number of nitrogens with one attached hydrogen (secondary N) is 1. The summed E-state index contributed by atoms with van der Waals surface area (Å²) < 4.78 is 0. The fourth-order valence-electron chi connectivity index (χ4n) is 3.08. The highest BCUT2D eigenvalue weighted by Gasteiger charge is 2.25. The first-order valence-corrected chi connectivity index (χ1v) is 11.3. The molecule has 1 fully saturated rings. The van der Waals surface area contributed by atoms with E-state index in [1.807, 2.05) is 6.26 Å². The first-order valence-electron chi connectivity index (χ1n) is 9.14. The highest BCUT2D eigenvalue weighted by atomic mass is 35.5. The number of benzene rings is 1. The van der Waals surface area contributed by atoms with Crippen LogP contribution in [0.1, 0.15) is 29.6 Å². The van der Waals surface area contributed by atoms with E-state index < -0.39 is 6.04 Å². The molecule has 0 radical (unpaired) electrons. The van der Waals surface area contributed by atoms with E-state index in [4.69, 9.17) is 23.2 Å². The van der Waals surface area contributed by atoms with Gasteiger partial charge >= 0.3 is 0 Å². The first-order chi connectivity index (χ1) is 12.9. The molecule has 1 aliphatic rings. The average molecular weight is 432 g/mol. The van der Waals surface area contributed by atoms with Crippen molar-refractivity contribution in [2.75, 3.05) is 45.2 Å². The Hall–Kier alpha value is -0.950. The Morgan fingerprint density at radius 1 is 1.30 bits per heavy atom. The van der Waals surface area contributed by atoms with E-state index in [0.717, 1.165) is 25.4 Å². The smallest absolute Gasteiger partial charge is 0.253 e. The third-order valence-electron chi connectivity index (χ3n) is 4.72. The van der Waals surface area contributed by atoms with Gasteiger partial charge in [-0.1, -0.05) is 23.2 Å². The van der Waals surface area contributed by atoms with Crippen LogP contribution in [0, 0.1) is 0 Å². The fourth-order valence-corrected chi connectivity index (χ4v) is 4.04. The quantitative estimate of drug-likeness (QED) is 0.650. The van der Waals surface area contributed by atoms with Gasteiger partial charge in [0.25, 0.3) is 5.91 Å². The lowest BCUT2D eigenvalue weighted by Gasteiger charge is -2.26. The van der Waals surface area contributed by atoms with Gasteiger partial charge in [-0.05, 0) is 62.6 Å². The Bertz CT molecular complexity index is 654. The Morgan fingerprint density at radius 2 is 2.00 bits per heavy atom. The van der Waals surface area contributed by atoms with E-state index >= 15 is 0 Å². The number of amides is 2. The van der Waals surface area contributed by atoms with Crippen molar-refractivity contribution in [1.29, 1.82) is 0 Å². The summed E-state index contributed by atoms with van der Waals surface area (Å²) in [6.45, 7) is 3.73. The number of hydrogen-bond donors (Lipinski definition) is 1. The molecular weight excluding hydrogens is 405 g/mol. The first kappa shape index (κ1) is 22.3. The molecule has 0 saturated carbocycles. The molecule has 1 unspecified atom stereocenters. The van der Waals surface area contributed by atoms with Crippen LogP contribution in [0.4, 0.5) is 0 Å². The van der Waals surface area contributed by atoms with E-state index in [-0.39, 0.29) is 16.8 Å². The van der Waals surface area contributed by atoms with Crippen LogP contribution in [-0.4, -0.2) is 72.9 Å². The van der Waals surface area contributed by atoms with Crippen LogP contribution in [0.3, 0.4) is 0 Å². The largest absolute Gasteiger partial charge is 0.343 e. The molecule has 8 heteroatoms. The zero-order chi connectivity index (χ0) is 19.8. The van der Waals surface area contributed by atoms with Crippen LogP contribution in [0.5, 0.6) is 0 Å². The summed E-state index contributed by atoms with van der Waals surface area (Å²) in [5.41, 5.74) is 0.322. The highest BCUT2D eigenvalue weighted by Crippen LogP contribution is 2.21. The predicted octanol–water partition coefficient (Wildman–Crippen LogP) is 3.40. The van der Waals surface area contributed by atoms with Crippen LogP contribution >= 0.6 is 35.0 Å². The number of nitrogens with zero attached hydrogens (tertiary/aromatic N) is 2. The van der Waals surface area contributed by atoms with Gasteiger partial charge in [-0.3, -0.25) is 9.59 Å². The third kappa shape index (κ3) is 6.86. The van der Waals surface area contributed by atoms with Crippen molar-refractivity contribution in [2.24, 2.45) is 0 Å². The van der Waals surface area contributed by atoms with Crippen LogP contribution in [0.25, 0.3) is 0 Å². The minimum absolute atomic E-state index is 0.0679. The standard InChI is InChI=1S/C19H27Cl2N3O2S/c1-23(10-11-24-8-3-4-9-24)19(26)17(7-12-27-2)22-18(25)15-6-5-14(20)13-16(15)21/h5-6,13,17H,3-4,7-12H2,1-2H3,(H,22,25). The van der Waals surface area contributed by atoms with E-state index in [2.05, 4.69) is 10.2 Å². The molecule has 0 aromatic heterocycles. The molecule has 2 amide bonds. The molecule has 2 rings (SSSR count). The summed E-state index contributed by atoms with van der Waals surface area (Å²) >= 11 is 13.7. The summed E-state index contributed by atoms with van der Waals surface area (Å²) in [6, 6.07) is 4.15. The minimum Gasteiger partial charge on any atom is -0.343 e. The molecule has 5 nitrogen and oxygen atoms in total. The van der Waals surface area contributed by atoms with Crippen LogP contribution in [-0.2, 0) is 4.79 Å². The Morgan fingerprint density at radius 3 is 2.63 bits per heavy atom. The van der Waals surface area contributed by atoms with E-state index in [1.54, 1.807) is 35.8 Å². The average Bonchev–Trinajstić information content (AvgIpc) is 3.15. The second-order valence-electron chi connectivity index (χ2n) is 6.74. The van der Waals surface area contributed by atoms with Gasteiger partial charge in [0.05, 0.1) is 10.6 Å². The number of halogens is 2.